The number of aromatic carboxylic acids is 1. The molecule has 1 aromatic rings. The molecule has 1 aromatic carbocycles. The molecule has 3 N–H and O–H groups in total. The van der Waals surface area contributed by atoms with Crippen LogP contribution in [0.3, 0.4) is 0 Å². The van der Waals surface area contributed by atoms with Crippen molar-refractivity contribution < 1.29 is 14.7 Å². The molecule has 0 aliphatic rings. The summed E-state index contributed by atoms with van der Waals surface area (Å²) in [5.74, 6) is -1.12. The molecule has 0 saturated carbocycles. The van der Waals surface area contributed by atoms with Crippen LogP contribution in [0.1, 0.15) is 23.7 Å². The van der Waals surface area contributed by atoms with Crippen LogP contribution in [0.2, 0.25) is 5.02 Å². The van der Waals surface area contributed by atoms with Crippen LogP contribution < -0.4 is 10.6 Å². The number of anilines is 1. The van der Waals surface area contributed by atoms with Gasteiger partial charge in [0.2, 0.25) is 0 Å². The van der Waals surface area contributed by atoms with Gasteiger partial charge in [-0.1, -0.05) is 18.5 Å². The number of nitrogens with one attached hydrogen (secondary N) is 2. The van der Waals surface area contributed by atoms with E-state index in [0.29, 0.717) is 11.6 Å². The van der Waals surface area contributed by atoms with Crippen molar-refractivity contribution in [1.29, 1.82) is 0 Å². The fourth-order valence-corrected chi connectivity index (χ4v) is 1.38. The minimum absolute atomic E-state index is 0.000971. The van der Waals surface area contributed by atoms with E-state index in [1.807, 2.05) is 6.92 Å². The van der Waals surface area contributed by atoms with Gasteiger partial charge in [-0.05, 0) is 24.6 Å². The van der Waals surface area contributed by atoms with E-state index in [-0.39, 0.29) is 11.3 Å². The Morgan fingerprint density at radius 2 is 2.12 bits per heavy atom. The second kappa shape index (κ2) is 6.10. The Balaban J connectivity index is 2.85. The second-order valence-electron chi connectivity index (χ2n) is 3.38. The van der Waals surface area contributed by atoms with Crippen molar-refractivity contribution >= 4 is 29.3 Å². The van der Waals surface area contributed by atoms with Gasteiger partial charge in [0.1, 0.15) is 0 Å². The highest BCUT2D eigenvalue weighted by molar-refractivity contribution is 6.31. The van der Waals surface area contributed by atoms with Crippen LogP contribution in [0.15, 0.2) is 18.2 Å². The fourth-order valence-electron chi connectivity index (χ4n) is 1.21. The first kappa shape index (κ1) is 13.3. The summed E-state index contributed by atoms with van der Waals surface area (Å²) in [7, 11) is 0. The lowest BCUT2D eigenvalue weighted by atomic mass is 10.2. The van der Waals surface area contributed by atoms with Crippen molar-refractivity contribution in [2.24, 2.45) is 0 Å². The number of hydrogen-bond acceptors (Lipinski definition) is 2. The van der Waals surface area contributed by atoms with Crippen LogP contribution in [-0.2, 0) is 0 Å². The number of amides is 2. The van der Waals surface area contributed by atoms with E-state index in [9.17, 15) is 9.59 Å². The van der Waals surface area contributed by atoms with Crippen LogP contribution in [-0.4, -0.2) is 23.7 Å². The van der Waals surface area contributed by atoms with Gasteiger partial charge in [-0.15, -0.1) is 0 Å². The Kier molecular flexibility index (Phi) is 4.78. The van der Waals surface area contributed by atoms with Gasteiger partial charge < -0.3 is 15.7 Å². The Morgan fingerprint density at radius 1 is 1.41 bits per heavy atom. The van der Waals surface area contributed by atoms with Gasteiger partial charge in [0, 0.05) is 11.6 Å². The minimum Gasteiger partial charge on any atom is -0.478 e. The molecular weight excluding hydrogens is 244 g/mol. The maximum Gasteiger partial charge on any atom is 0.337 e. The largest absolute Gasteiger partial charge is 0.478 e. The molecule has 0 aromatic heterocycles. The van der Waals surface area contributed by atoms with Crippen molar-refractivity contribution in [3.8, 4) is 0 Å². The Labute approximate surface area is 104 Å². The van der Waals surface area contributed by atoms with Gasteiger partial charge in [0.15, 0.2) is 0 Å². The van der Waals surface area contributed by atoms with Gasteiger partial charge in [0.05, 0.1) is 11.3 Å². The molecule has 0 fully saturated rings. The van der Waals surface area contributed by atoms with Crippen molar-refractivity contribution in [2.45, 2.75) is 13.3 Å². The van der Waals surface area contributed by atoms with Crippen molar-refractivity contribution in [2.75, 3.05) is 11.9 Å². The minimum atomic E-state index is -1.12. The Morgan fingerprint density at radius 3 is 2.71 bits per heavy atom. The average Bonchev–Trinajstić information content (AvgIpc) is 2.26. The molecule has 0 heterocycles. The number of carbonyl (C=O) groups is 2. The van der Waals surface area contributed by atoms with Crippen LogP contribution >= 0.6 is 11.6 Å². The maximum absolute atomic E-state index is 11.4. The summed E-state index contributed by atoms with van der Waals surface area (Å²) in [6.07, 6.45) is 0.800. The summed E-state index contributed by atoms with van der Waals surface area (Å²) in [5.41, 5.74) is 0.180. The smallest absolute Gasteiger partial charge is 0.337 e. The highest BCUT2D eigenvalue weighted by atomic mass is 35.5. The normalized spacial score (nSPS) is 9.76. The molecule has 0 spiro atoms. The van der Waals surface area contributed by atoms with E-state index in [1.165, 1.54) is 18.2 Å². The van der Waals surface area contributed by atoms with Crippen LogP contribution in [0.5, 0.6) is 0 Å². The molecule has 0 radical (unpaired) electrons. The second-order valence-corrected chi connectivity index (χ2v) is 3.81. The standard InChI is InChI=1S/C11H13ClN2O3/c1-2-5-13-11(17)14-9-6-7(12)3-4-8(9)10(15)16/h3-4,6H,2,5H2,1H3,(H,15,16)(H2,13,14,17). The quantitative estimate of drug-likeness (QED) is 0.775. The molecule has 92 valence electrons. The van der Waals surface area contributed by atoms with Crippen LogP contribution in [0.25, 0.3) is 0 Å². The van der Waals surface area contributed by atoms with E-state index in [1.54, 1.807) is 0 Å². The third-order valence-electron chi connectivity index (χ3n) is 2.00. The molecule has 0 saturated heterocycles. The monoisotopic (exact) mass is 256 g/mol. The SMILES string of the molecule is CCCNC(=O)Nc1cc(Cl)ccc1C(=O)O. The van der Waals surface area contributed by atoms with Crippen molar-refractivity contribution in [3.63, 3.8) is 0 Å². The zero-order valence-corrected chi connectivity index (χ0v) is 10.0. The first-order valence-corrected chi connectivity index (χ1v) is 5.50. The van der Waals surface area contributed by atoms with Gasteiger partial charge in [-0.25, -0.2) is 9.59 Å². The van der Waals surface area contributed by atoms with Crippen molar-refractivity contribution in [1.82, 2.24) is 5.32 Å². The molecule has 2 amide bonds. The Hall–Kier alpha value is -1.75. The third kappa shape index (κ3) is 3.96. The van der Waals surface area contributed by atoms with Gasteiger partial charge in [0.25, 0.3) is 0 Å². The summed E-state index contributed by atoms with van der Waals surface area (Å²) in [6.45, 7) is 2.44. The van der Waals surface area contributed by atoms with E-state index in [0.717, 1.165) is 6.42 Å². The molecule has 0 aliphatic carbocycles. The molecule has 0 atom stereocenters. The number of rotatable bonds is 4. The summed E-state index contributed by atoms with van der Waals surface area (Å²) >= 11 is 5.74. The first-order chi connectivity index (χ1) is 8.04. The van der Waals surface area contributed by atoms with E-state index in [4.69, 9.17) is 16.7 Å². The van der Waals surface area contributed by atoms with Crippen molar-refractivity contribution in [3.05, 3.63) is 28.8 Å². The van der Waals surface area contributed by atoms with Gasteiger partial charge in [-0.3, -0.25) is 0 Å². The number of carboxylic acid groups (broad SMARTS) is 1. The number of benzene rings is 1. The Bertz CT molecular complexity index is 435. The van der Waals surface area contributed by atoms with Gasteiger partial charge in [-0.2, -0.15) is 0 Å². The van der Waals surface area contributed by atoms with E-state index >= 15 is 0 Å². The average molecular weight is 257 g/mol. The summed E-state index contributed by atoms with van der Waals surface area (Å²) in [4.78, 5) is 22.3. The zero-order valence-electron chi connectivity index (χ0n) is 9.29. The molecule has 0 aliphatic heterocycles. The molecule has 17 heavy (non-hydrogen) atoms. The fraction of sp³-hybridized carbons (Fsp3) is 0.273. The highest BCUT2D eigenvalue weighted by Crippen LogP contribution is 2.21. The molecular formula is C11H13ClN2O3. The molecule has 0 unspecified atom stereocenters. The number of halogens is 1. The predicted octanol–water partition coefficient (Wildman–Crippen LogP) is 2.57. The molecule has 1 rings (SSSR count). The maximum atomic E-state index is 11.4. The molecule has 6 heteroatoms. The summed E-state index contributed by atoms with van der Waals surface area (Å²) < 4.78 is 0. The lowest BCUT2D eigenvalue weighted by Crippen LogP contribution is -2.29. The lowest BCUT2D eigenvalue weighted by Gasteiger charge is -2.09. The topological polar surface area (TPSA) is 78.4 Å². The summed E-state index contributed by atoms with van der Waals surface area (Å²) in [6, 6.07) is 3.76. The predicted molar refractivity (Wildman–Crippen MR) is 65.7 cm³/mol. The number of urea groups is 1. The van der Waals surface area contributed by atoms with E-state index in [2.05, 4.69) is 10.6 Å². The number of hydrogen-bond donors (Lipinski definition) is 3. The summed E-state index contributed by atoms with van der Waals surface area (Å²) in [5, 5.41) is 14.3. The number of carboxylic acids is 1. The van der Waals surface area contributed by atoms with Crippen LogP contribution in [0, 0.1) is 0 Å². The highest BCUT2D eigenvalue weighted by Gasteiger charge is 2.12. The first-order valence-electron chi connectivity index (χ1n) is 5.12. The molecule has 0 bridgehead atoms. The number of carbonyl (C=O) groups excluding carboxylic acids is 1. The third-order valence-corrected chi connectivity index (χ3v) is 2.23. The zero-order chi connectivity index (χ0) is 12.8. The molecule has 5 nitrogen and oxygen atoms in total. The van der Waals surface area contributed by atoms with Gasteiger partial charge >= 0.3 is 12.0 Å². The van der Waals surface area contributed by atoms with E-state index < -0.39 is 12.0 Å². The lowest BCUT2D eigenvalue weighted by molar-refractivity contribution is 0.0698. The van der Waals surface area contributed by atoms with Crippen LogP contribution in [0.4, 0.5) is 10.5 Å².